The van der Waals surface area contributed by atoms with Crippen LogP contribution in [0.2, 0.25) is 0 Å². The lowest BCUT2D eigenvalue weighted by molar-refractivity contribution is -0.123. The highest BCUT2D eigenvalue weighted by Crippen LogP contribution is 2.19. The van der Waals surface area contributed by atoms with E-state index in [-0.39, 0.29) is 24.5 Å². The number of carbonyl (C=O) groups is 1. The second-order valence-electron chi connectivity index (χ2n) is 6.10. The van der Waals surface area contributed by atoms with Gasteiger partial charge in [0.25, 0.3) is 0 Å². The molecule has 0 aromatic heterocycles. The van der Waals surface area contributed by atoms with Gasteiger partial charge in [0.2, 0.25) is 5.91 Å². The van der Waals surface area contributed by atoms with Gasteiger partial charge in [-0.15, -0.1) is 0 Å². The van der Waals surface area contributed by atoms with E-state index in [1.54, 1.807) is 42.5 Å². The zero-order valence-electron chi connectivity index (χ0n) is 14.2. The van der Waals surface area contributed by atoms with E-state index in [0.29, 0.717) is 36.5 Å². The van der Waals surface area contributed by atoms with Crippen molar-refractivity contribution in [1.82, 2.24) is 5.32 Å². The molecule has 6 heteroatoms. The molecule has 1 heterocycles. The Morgan fingerprint density at radius 2 is 2.04 bits per heavy atom. The van der Waals surface area contributed by atoms with Crippen molar-refractivity contribution >= 4 is 5.91 Å². The molecule has 3 rings (SSSR count). The van der Waals surface area contributed by atoms with Crippen molar-refractivity contribution in [2.45, 2.75) is 25.0 Å². The number of nitriles is 1. The van der Waals surface area contributed by atoms with Crippen LogP contribution in [0, 0.1) is 17.1 Å². The van der Waals surface area contributed by atoms with E-state index in [4.69, 9.17) is 14.7 Å². The molecule has 2 aromatic carbocycles. The van der Waals surface area contributed by atoms with Crippen LogP contribution in [0.25, 0.3) is 0 Å². The van der Waals surface area contributed by atoms with Crippen molar-refractivity contribution in [3.8, 4) is 11.8 Å². The summed E-state index contributed by atoms with van der Waals surface area (Å²) in [4.78, 5) is 12.3. The molecule has 26 heavy (non-hydrogen) atoms. The smallest absolute Gasteiger partial charge is 0.224 e. The summed E-state index contributed by atoms with van der Waals surface area (Å²) >= 11 is 0. The number of nitrogens with one attached hydrogen (secondary N) is 1. The van der Waals surface area contributed by atoms with Crippen molar-refractivity contribution < 1.29 is 18.7 Å². The minimum atomic E-state index is -0.395. The minimum absolute atomic E-state index is 0.0350. The fourth-order valence-corrected chi connectivity index (χ4v) is 2.85. The molecular weight excluding hydrogens is 335 g/mol. The first-order valence-corrected chi connectivity index (χ1v) is 8.43. The summed E-state index contributed by atoms with van der Waals surface area (Å²) in [6.45, 7) is 0.880. The molecule has 0 aliphatic carbocycles. The number of hydrogen-bond acceptors (Lipinski definition) is 4. The Hall–Kier alpha value is -2.91. The number of hydrogen-bond donors (Lipinski definition) is 1. The van der Waals surface area contributed by atoms with Crippen LogP contribution in [-0.4, -0.2) is 31.3 Å². The summed E-state index contributed by atoms with van der Waals surface area (Å²) in [5.41, 5.74) is 0.908. The maximum absolute atomic E-state index is 13.7. The van der Waals surface area contributed by atoms with Gasteiger partial charge in [-0.2, -0.15) is 5.26 Å². The highest BCUT2D eigenvalue weighted by molar-refractivity contribution is 5.79. The fraction of sp³-hybridized carbons (Fsp3) is 0.300. The third kappa shape index (κ3) is 4.58. The Morgan fingerprint density at radius 1 is 1.27 bits per heavy atom. The first kappa shape index (κ1) is 17.9. The number of carbonyl (C=O) groups excluding carboxylic acids is 1. The number of amides is 1. The molecular formula is C20H19FN2O3. The highest BCUT2D eigenvalue weighted by atomic mass is 19.1. The van der Waals surface area contributed by atoms with Gasteiger partial charge < -0.3 is 14.8 Å². The Kier molecular flexibility index (Phi) is 5.82. The first-order chi connectivity index (χ1) is 12.7. The lowest BCUT2D eigenvalue weighted by Crippen LogP contribution is -2.52. The van der Waals surface area contributed by atoms with Crippen molar-refractivity contribution in [3.05, 3.63) is 65.5 Å². The summed E-state index contributed by atoms with van der Waals surface area (Å²) in [6.07, 6.45) is 0.346. The van der Waals surface area contributed by atoms with E-state index in [9.17, 15) is 9.18 Å². The predicted molar refractivity (Wildman–Crippen MR) is 93.0 cm³/mol. The van der Waals surface area contributed by atoms with Gasteiger partial charge in [-0.3, -0.25) is 4.79 Å². The van der Waals surface area contributed by atoms with Gasteiger partial charge in [-0.05, 0) is 35.9 Å². The maximum Gasteiger partial charge on any atom is 0.224 e. The van der Waals surface area contributed by atoms with E-state index >= 15 is 0 Å². The summed E-state index contributed by atoms with van der Waals surface area (Å²) in [7, 11) is 0. The zero-order chi connectivity index (χ0) is 18.4. The third-order valence-electron chi connectivity index (χ3n) is 4.22. The third-order valence-corrected chi connectivity index (χ3v) is 4.22. The van der Waals surface area contributed by atoms with E-state index in [2.05, 4.69) is 11.4 Å². The van der Waals surface area contributed by atoms with Crippen molar-refractivity contribution in [1.29, 1.82) is 5.26 Å². The lowest BCUT2D eigenvalue weighted by atomic mass is 10.1. The number of nitrogens with zero attached hydrogens (tertiary/aromatic N) is 1. The van der Waals surface area contributed by atoms with Gasteiger partial charge in [0.1, 0.15) is 17.7 Å². The van der Waals surface area contributed by atoms with E-state index in [1.807, 2.05) is 0 Å². The molecule has 2 aromatic rings. The number of rotatable bonds is 5. The number of benzene rings is 2. The topological polar surface area (TPSA) is 71.3 Å². The molecule has 1 saturated heterocycles. The molecule has 1 amide bonds. The van der Waals surface area contributed by atoms with Crippen LogP contribution in [0.3, 0.4) is 0 Å². The molecule has 0 radical (unpaired) electrons. The molecule has 1 N–H and O–H groups in total. The van der Waals surface area contributed by atoms with Crippen LogP contribution in [-0.2, 0) is 16.0 Å². The Morgan fingerprint density at radius 3 is 2.77 bits per heavy atom. The van der Waals surface area contributed by atoms with Crippen LogP contribution in [0.15, 0.2) is 48.5 Å². The first-order valence-electron chi connectivity index (χ1n) is 8.43. The second-order valence-corrected chi connectivity index (χ2v) is 6.10. The Balaban J connectivity index is 1.62. The molecule has 1 aliphatic heterocycles. The Labute approximate surface area is 151 Å². The monoisotopic (exact) mass is 354 g/mol. The normalized spacial score (nSPS) is 19.4. The SMILES string of the molecule is N#Cc1ccc(O[C@@H]2CCOC[C@H]2NC(=O)Cc2ccccc2F)cc1. The molecule has 0 spiro atoms. The van der Waals surface area contributed by atoms with Gasteiger partial charge >= 0.3 is 0 Å². The standard InChI is InChI=1S/C20H19FN2O3/c21-17-4-2-1-3-15(17)11-20(24)23-18-13-25-10-9-19(18)26-16-7-5-14(12-22)6-8-16/h1-8,18-19H,9-11,13H2,(H,23,24)/t18-,19-/m1/s1. The lowest BCUT2D eigenvalue weighted by Gasteiger charge is -2.32. The average Bonchev–Trinajstić information content (AvgIpc) is 2.66. The largest absolute Gasteiger partial charge is 0.488 e. The van der Waals surface area contributed by atoms with Gasteiger partial charge in [0, 0.05) is 6.42 Å². The van der Waals surface area contributed by atoms with Gasteiger partial charge in [0.15, 0.2) is 0 Å². The minimum Gasteiger partial charge on any atom is -0.488 e. The molecule has 2 atom stereocenters. The van der Waals surface area contributed by atoms with Crippen LogP contribution in [0.1, 0.15) is 17.5 Å². The zero-order valence-corrected chi connectivity index (χ0v) is 14.2. The van der Waals surface area contributed by atoms with Gasteiger partial charge in [0.05, 0.1) is 37.3 Å². The molecule has 0 bridgehead atoms. The number of ether oxygens (including phenoxy) is 2. The van der Waals surface area contributed by atoms with Crippen LogP contribution in [0.5, 0.6) is 5.75 Å². The van der Waals surface area contributed by atoms with Crippen LogP contribution < -0.4 is 10.1 Å². The van der Waals surface area contributed by atoms with Crippen molar-refractivity contribution in [2.75, 3.05) is 13.2 Å². The summed E-state index contributed by atoms with van der Waals surface area (Å²) < 4.78 is 25.1. The molecule has 0 saturated carbocycles. The second kappa shape index (κ2) is 8.45. The van der Waals surface area contributed by atoms with Crippen LogP contribution >= 0.6 is 0 Å². The van der Waals surface area contributed by atoms with Gasteiger partial charge in [-0.25, -0.2) is 4.39 Å². The summed E-state index contributed by atoms with van der Waals surface area (Å²) in [5.74, 6) is -0.0452. The summed E-state index contributed by atoms with van der Waals surface area (Å²) in [6, 6.07) is 14.8. The average molecular weight is 354 g/mol. The number of halogens is 1. The van der Waals surface area contributed by atoms with Gasteiger partial charge in [-0.1, -0.05) is 18.2 Å². The summed E-state index contributed by atoms with van der Waals surface area (Å²) in [5, 5.41) is 11.7. The van der Waals surface area contributed by atoms with E-state index in [0.717, 1.165) is 0 Å². The predicted octanol–water partition coefficient (Wildman–Crippen LogP) is 2.59. The highest BCUT2D eigenvalue weighted by Gasteiger charge is 2.29. The van der Waals surface area contributed by atoms with E-state index < -0.39 is 5.82 Å². The maximum atomic E-state index is 13.7. The molecule has 1 aliphatic rings. The molecule has 0 unspecified atom stereocenters. The van der Waals surface area contributed by atoms with E-state index in [1.165, 1.54) is 6.07 Å². The van der Waals surface area contributed by atoms with Crippen LogP contribution in [0.4, 0.5) is 4.39 Å². The molecule has 5 nitrogen and oxygen atoms in total. The Bertz CT molecular complexity index is 801. The quantitative estimate of drug-likeness (QED) is 0.896. The molecule has 134 valence electrons. The fourth-order valence-electron chi connectivity index (χ4n) is 2.85. The molecule has 1 fully saturated rings. The van der Waals surface area contributed by atoms with Crippen molar-refractivity contribution in [3.63, 3.8) is 0 Å². The van der Waals surface area contributed by atoms with Crippen molar-refractivity contribution in [2.24, 2.45) is 0 Å².